The summed E-state index contributed by atoms with van der Waals surface area (Å²) in [6.45, 7) is 2.25. The number of amides is 2. The minimum Gasteiger partial charge on any atom is -0.464 e. The number of rotatable bonds is 4. The van der Waals surface area contributed by atoms with Crippen LogP contribution in [0.4, 0.5) is 4.79 Å². The lowest BCUT2D eigenvalue weighted by molar-refractivity contribution is -0.120. The molecule has 5 nitrogen and oxygen atoms in total. The Morgan fingerprint density at radius 3 is 2.70 bits per heavy atom. The molecule has 0 heterocycles. The first-order valence-corrected chi connectivity index (χ1v) is 2.92. The highest BCUT2D eigenvalue weighted by molar-refractivity contribution is 5.66. The van der Waals surface area contributed by atoms with Gasteiger partial charge in [0.2, 0.25) is 6.41 Å². The van der Waals surface area contributed by atoms with Crippen molar-refractivity contribution in [3.8, 4) is 0 Å². The van der Waals surface area contributed by atoms with Gasteiger partial charge in [0.1, 0.15) is 0 Å². The number of carbonyl (C=O) groups excluding carboxylic acids is 1. The van der Waals surface area contributed by atoms with E-state index < -0.39 is 6.09 Å². The number of hydrogen-bond acceptors (Lipinski definition) is 2. The highest BCUT2D eigenvalue weighted by Gasteiger charge is 2.01. The second-order valence-electron chi connectivity index (χ2n) is 1.72. The Labute approximate surface area is 58.6 Å². The predicted octanol–water partition coefficient (Wildman–Crippen LogP) is 0.0374. The molecule has 2 amide bonds. The van der Waals surface area contributed by atoms with Crippen LogP contribution in [0.15, 0.2) is 0 Å². The van der Waals surface area contributed by atoms with E-state index in [4.69, 9.17) is 5.11 Å². The molecule has 0 aliphatic heterocycles. The summed E-state index contributed by atoms with van der Waals surface area (Å²) in [7, 11) is 0. The quantitative estimate of drug-likeness (QED) is 0.434. The van der Waals surface area contributed by atoms with Gasteiger partial charge in [-0.25, -0.2) is 10.2 Å². The summed E-state index contributed by atoms with van der Waals surface area (Å²) in [5.74, 6) is 0. The van der Waals surface area contributed by atoms with Crippen molar-refractivity contribution in [2.45, 2.75) is 13.3 Å². The van der Waals surface area contributed by atoms with Crippen LogP contribution in [0, 0.1) is 0 Å². The zero-order valence-electron chi connectivity index (χ0n) is 5.70. The lowest BCUT2D eigenvalue weighted by atomic mass is 10.5. The molecular weight excluding hydrogens is 136 g/mol. The van der Waals surface area contributed by atoms with Crippen LogP contribution < -0.4 is 5.43 Å². The molecule has 0 aromatic rings. The Morgan fingerprint density at radius 1 is 1.80 bits per heavy atom. The summed E-state index contributed by atoms with van der Waals surface area (Å²) in [5.41, 5.74) is 1.91. The topological polar surface area (TPSA) is 69.6 Å². The zero-order valence-corrected chi connectivity index (χ0v) is 5.70. The van der Waals surface area contributed by atoms with Gasteiger partial charge in [-0.2, -0.15) is 0 Å². The van der Waals surface area contributed by atoms with Crippen LogP contribution in [-0.4, -0.2) is 29.2 Å². The molecule has 0 rings (SSSR count). The highest BCUT2D eigenvalue weighted by atomic mass is 16.4. The molecule has 0 aromatic heterocycles. The van der Waals surface area contributed by atoms with Crippen LogP contribution in [0.3, 0.4) is 0 Å². The monoisotopic (exact) mass is 146 g/mol. The summed E-state index contributed by atoms with van der Waals surface area (Å²) in [6.07, 6.45) is -0.0584. The Hall–Kier alpha value is -1.26. The molecular formula is C5H10N2O3. The molecule has 0 aliphatic rings. The van der Waals surface area contributed by atoms with Crippen molar-refractivity contribution in [2.24, 2.45) is 0 Å². The van der Waals surface area contributed by atoms with E-state index in [2.05, 4.69) is 0 Å². The maximum atomic E-state index is 10.0. The fourth-order valence-corrected chi connectivity index (χ4v) is 0.499. The summed E-state index contributed by atoms with van der Waals surface area (Å²) in [4.78, 5) is 20.0. The summed E-state index contributed by atoms with van der Waals surface area (Å²) in [6, 6.07) is 0. The van der Waals surface area contributed by atoms with Crippen molar-refractivity contribution in [3.05, 3.63) is 0 Å². The Kier molecular flexibility index (Phi) is 4.02. The summed E-state index contributed by atoms with van der Waals surface area (Å²) >= 11 is 0. The average Bonchev–Trinajstić information content (AvgIpc) is 1.86. The number of hydrazine groups is 1. The third-order valence-electron chi connectivity index (χ3n) is 0.831. The van der Waals surface area contributed by atoms with Gasteiger partial charge in [-0.3, -0.25) is 9.80 Å². The van der Waals surface area contributed by atoms with Crippen molar-refractivity contribution >= 4 is 12.5 Å². The SMILES string of the molecule is CCCN(C=O)NC(=O)O. The van der Waals surface area contributed by atoms with Gasteiger partial charge in [-0.1, -0.05) is 6.92 Å². The fraction of sp³-hybridized carbons (Fsp3) is 0.600. The first-order chi connectivity index (χ1) is 4.70. The lowest BCUT2D eigenvalue weighted by Crippen LogP contribution is -2.40. The number of nitrogens with one attached hydrogen (secondary N) is 1. The van der Waals surface area contributed by atoms with E-state index in [9.17, 15) is 9.59 Å². The van der Waals surface area contributed by atoms with E-state index in [1.54, 1.807) is 0 Å². The van der Waals surface area contributed by atoms with Crippen molar-refractivity contribution in [2.75, 3.05) is 6.54 Å². The van der Waals surface area contributed by atoms with Gasteiger partial charge in [-0.05, 0) is 6.42 Å². The van der Waals surface area contributed by atoms with E-state index in [-0.39, 0.29) is 0 Å². The van der Waals surface area contributed by atoms with Gasteiger partial charge in [0.05, 0.1) is 0 Å². The molecule has 0 atom stereocenters. The Bertz CT molecular complexity index is 126. The van der Waals surface area contributed by atoms with E-state index in [0.717, 1.165) is 11.4 Å². The number of carboxylic acid groups (broad SMARTS) is 1. The molecule has 0 spiro atoms. The zero-order chi connectivity index (χ0) is 7.98. The smallest absolute Gasteiger partial charge is 0.423 e. The maximum Gasteiger partial charge on any atom is 0.423 e. The van der Waals surface area contributed by atoms with Crippen LogP contribution in [0.5, 0.6) is 0 Å². The maximum absolute atomic E-state index is 10.0. The van der Waals surface area contributed by atoms with Gasteiger partial charge in [-0.15, -0.1) is 0 Å². The van der Waals surface area contributed by atoms with E-state index in [0.29, 0.717) is 13.0 Å². The highest BCUT2D eigenvalue weighted by Crippen LogP contribution is 1.80. The molecule has 58 valence electrons. The molecule has 0 fully saturated rings. The molecule has 10 heavy (non-hydrogen) atoms. The molecule has 0 unspecified atom stereocenters. The Balaban J connectivity index is 3.59. The van der Waals surface area contributed by atoms with Crippen LogP contribution in [0.2, 0.25) is 0 Å². The van der Waals surface area contributed by atoms with Gasteiger partial charge in [0.25, 0.3) is 0 Å². The predicted molar refractivity (Wildman–Crippen MR) is 34.2 cm³/mol. The van der Waals surface area contributed by atoms with Crippen LogP contribution in [0.1, 0.15) is 13.3 Å². The molecule has 2 N–H and O–H groups in total. The summed E-state index contributed by atoms with van der Waals surface area (Å²) < 4.78 is 0. The number of hydrogen-bond donors (Lipinski definition) is 2. The van der Waals surface area contributed by atoms with Crippen molar-refractivity contribution < 1.29 is 14.7 Å². The number of carbonyl (C=O) groups is 2. The fourth-order valence-electron chi connectivity index (χ4n) is 0.499. The van der Waals surface area contributed by atoms with Gasteiger partial charge in [0.15, 0.2) is 0 Å². The third-order valence-corrected chi connectivity index (χ3v) is 0.831. The summed E-state index contributed by atoms with van der Waals surface area (Å²) in [5, 5.41) is 9.10. The molecule has 5 heteroatoms. The largest absolute Gasteiger partial charge is 0.464 e. The van der Waals surface area contributed by atoms with Gasteiger partial charge < -0.3 is 5.11 Å². The van der Waals surface area contributed by atoms with Crippen LogP contribution in [0.25, 0.3) is 0 Å². The molecule has 0 saturated heterocycles. The minimum absolute atomic E-state index is 0.399. The lowest BCUT2D eigenvalue weighted by Gasteiger charge is -2.13. The van der Waals surface area contributed by atoms with Crippen LogP contribution >= 0.6 is 0 Å². The number of nitrogens with zero attached hydrogens (tertiary/aromatic N) is 1. The second kappa shape index (κ2) is 4.60. The first-order valence-electron chi connectivity index (χ1n) is 2.92. The normalized spacial score (nSPS) is 8.50. The Morgan fingerprint density at radius 2 is 2.40 bits per heavy atom. The van der Waals surface area contributed by atoms with Crippen molar-refractivity contribution in [1.29, 1.82) is 0 Å². The van der Waals surface area contributed by atoms with E-state index in [1.165, 1.54) is 0 Å². The molecule has 0 radical (unpaired) electrons. The minimum atomic E-state index is -1.22. The molecule has 0 saturated carbocycles. The van der Waals surface area contributed by atoms with Crippen molar-refractivity contribution in [1.82, 2.24) is 10.4 Å². The van der Waals surface area contributed by atoms with Gasteiger partial charge in [0, 0.05) is 6.54 Å². The molecule has 0 aromatic carbocycles. The molecule has 0 aliphatic carbocycles. The second-order valence-corrected chi connectivity index (χ2v) is 1.72. The standard InChI is InChI=1S/C5H10N2O3/c1-2-3-7(4-8)6-5(9)10/h4,6H,2-3H2,1H3,(H,9,10). The first kappa shape index (κ1) is 8.74. The average molecular weight is 146 g/mol. The van der Waals surface area contributed by atoms with Crippen LogP contribution in [-0.2, 0) is 4.79 Å². The molecule has 0 bridgehead atoms. The van der Waals surface area contributed by atoms with E-state index >= 15 is 0 Å². The van der Waals surface area contributed by atoms with Gasteiger partial charge >= 0.3 is 6.09 Å². The van der Waals surface area contributed by atoms with E-state index in [1.807, 2.05) is 12.3 Å². The van der Waals surface area contributed by atoms with Crippen molar-refractivity contribution in [3.63, 3.8) is 0 Å². The third kappa shape index (κ3) is 3.71.